The summed E-state index contributed by atoms with van der Waals surface area (Å²) < 4.78 is 26.8. The number of aliphatic imine (C=N–C) groups is 1. The Labute approximate surface area is 177 Å². The summed E-state index contributed by atoms with van der Waals surface area (Å²) in [6.07, 6.45) is 1.71. The van der Waals surface area contributed by atoms with E-state index in [0.29, 0.717) is 11.2 Å². The highest BCUT2D eigenvalue weighted by molar-refractivity contribution is 8.15. The summed E-state index contributed by atoms with van der Waals surface area (Å²) in [5, 5.41) is 2.39. The van der Waals surface area contributed by atoms with Gasteiger partial charge < -0.3 is 5.32 Å². The topological polar surface area (TPSA) is 61.8 Å². The summed E-state index contributed by atoms with van der Waals surface area (Å²) in [4.78, 5) is 31.8. The van der Waals surface area contributed by atoms with Gasteiger partial charge in [0.1, 0.15) is 16.9 Å². The molecule has 5 nitrogen and oxygen atoms in total. The van der Waals surface area contributed by atoms with Crippen LogP contribution >= 0.6 is 11.8 Å². The molecule has 1 saturated carbocycles. The number of hydrogen-bond donors (Lipinski definition) is 1. The summed E-state index contributed by atoms with van der Waals surface area (Å²) in [6, 6.07) is 9.02. The van der Waals surface area contributed by atoms with Crippen LogP contribution in [0, 0.1) is 25.5 Å². The van der Waals surface area contributed by atoms with Crippen LogP contribution in [0.3, 0.4) is 0 Å². The first-order valence-electron chi connectivity index (χ1n) is 9.72. The van der Waals surface area contributed by atoms with Gasteiger partial charge in [-0.2, -0.15) is 0 Å². The van der Waals surface area contributed by atoms with Crippen molar-refractivity contribution in [3.63, 3.8) is 0 Å². The molecule has 2 aliphatic rings. The second kappa shape index (κ2) is 8.18. The van der Waals surface area contributed by atoms with E-state index in [1.54, 1.807) is 4.90 Å². The number of nitrogens with zero attached hydrogens (tertiary/aromatic N) is 2. The number of amidine groups is 1. The summed E-state index contributed by atoms with van der Waals surface area (Å²) in [5.41, 5.74) is 2.77. The molecule has 1 aliphatic heterocycles. The lowest BCUT2D eigenvalue weighted by atomic mass is 10.1. The molecular weight excluding hydrogens is 408 g/mol. The number of nitrogens with one attached hydrogen (secondary N) is 1. The van der Waals surface area contributed by atoms with E-state index in [-0.39, 0.29) is 24.1 Å². The number of benzene rings is 2. The van der Waals surface area contributed by atoms with Crippen LogP contribution < -0.4 is 5.32 Å². The fourth-order valence-electron chi connectivity index (χ4n) is 3.27. The summed E-state index contributed by atoms with van der Waals surface area (Å²) in [5.74, 6) is -2.23. The normalized spacial score (nSPS) is 20.1. The van der Waals surface area contributed by atoms with Gasteiger partial charge in [0.05, 0.1) is 11.4 Å². The highest BCUT2D eigenvalue weighted by Crippen LogP contribution is 2.40. The van der Waals surface area contributed by atoms with Crippen molar-refractivity contribution in [2.45, 2.75) is 44.4 Å². The van der Waals surface area contributed by atoms with Crippen LogP contribution in [-0.2, 0) is 9.59 Å². The molecule has 1 atom stereocenters. The quantitative estimate of drug-likeness (QED) is 0.749. The predicted octanol–water partition coefficient (Wildman–Crippen LogP) is 4.70. The fourth-order valence-corrected chi connectivity index (χ4v) is 4.47. The zero-order chi connectivity index (χ0) is 21.4. The van der Waals surface area contributed by atoms with Gasteiger partial charge in [0.2, 0.25) is 11.8 Å². The Morgan fingerprint density at radius 3 is 2.67 bits per heavy atom. The average Bonchev–Trinajstić information content (AvgIpc) is 3.47. The number of thioether (sulfide) groups is 1. The molecule has 8 heteroatoms. The van der Waals surface area contributed by atoms with Gasteiger partial charge in [-0.05, 0) is 56.0 Å². The maximum absolute atomic E-state index is 13.8. The van der Waals surface area contributed by atoms with E-state index in [1.807, 2.05) is 32.0 Å². The molecule has 1 N–H and O–H groups in total. The molecule has 2 amide bonds. The minimum atomic E-state index is -0.856. The zero-order valence-corrected chi connectivity index (χ0v) is 17.4. The SMILES string of the molecule is Cc1ccc(C)c(N=C2SC(CC(=O)Nc3ccc(F)cc3F)C(=O)N2C2CC2)c1. The van der Waals surface area contributed by atoms with Gasteiger partial charge in [0.25, 0.3) is 0 Å². The largest absolute Gasteiger partial charge is 0.324 e. The number of hydrogen-bond acceptors (Lipinski definition) is 4. The van der Waals surface area contributed by atoms with Crippen LogP contribution in [0.15, 0.2) is 41.4 Å². The lowest BCUT2D eigenvalue weighted by Gasteiger charge is -2.15. The molecule has 1 unspecified atom stereocenters. The van der Waals surface area contributed by atoms with Crippen LogP contribution in [-0.4, -0.2) is 33.2 Å². The van der Waals surface area contributed by atoms with Gasteiger partial charge in [-0.25, -0.2) is 13.8 Å². The Morgan fingerprint density at radius 2 is 1.97 bits per heavy atom. The number of carbonyl (C=O) groups is 2. The molecule has 0 spiro atoms. The maximum Gasteiger partial charge on any atom is 0.242 e. The summed E-state index contributed by atoms with van der Waals surface area (Å²) >= 11 is 1.26. The fraction of sp³-hybridized carbons (Fsp3) is 0.318. The van der Waals surface area contributed by atoms with Crippen LogP contribution in [0.5, 0.6) is 0 Å². The lowest BCUT2D eigenvalue weighted by Crippen LogP contribution is -2.35. The summed E-state index contributed by atoms with van der Waals surface area (Å²) in [6.45, 7) is 3.94. The standard InChI is InChI=1S/C22H21F2N3O2S/c1-12-3-4-13(2)18(9-12)26-22-27(15-6-7-15)21(29)19(30-22)11-20(28)25-17-8-5-14(23)10-16(17)24/h3-5,8-10,15,19H,6-7,11H2,1-2H3,(H,25,28). The Balaban J connectivity index is 1.52. The van der Waals surface area contributed by atoms with Crippen molar-refractivity contribution < 1.29 is 18.4 Å². The van der Waals surface area contributed by atoms with Gasteiger partial charge in [0, 0.05) is 18.5 Å². The first-order valence-corrected chi connectivity index (χ1v) is 10.6. The number of anilines is 1. The molecule has 156 valence electrons. The van der Waals surface area contributed by atoms with Crippen molar-refractivity contribution in [3.05, 3.63) is 59.2 Å². The van der Waals surface area contributed by atoms with Gasteiger partial charge in [-0.3, -0.25) is 14.5 Å². The molecule has 2 fully saturated rings. The van der Waals surface area contributed by atoms with E-state index in [0.717, 1.165) is 41.8 Å². The van der Waals surface area contributed by atoms with Crippen molar-refractivity contribution in [3.8, 4) is 0 Å². The minimum Gasteiger partial charge on any atom is -0.324 e. The second-order valence-corrected chi connectivity index (χ2v) is 8.78. The maximum atomic E-state index is 13.8. The molecule has 4 rings (SSSR count). The average molecular weight is 429 g/mol. The van der Waals surface area contributed by atoms with Crippen LogP contribution in [0.25, 0.3) is 0 Å². The Hall–Kier alpha value is -2.74. The lowest BCUT2D eigenvalue weighted by molar-refractivity contribution is -0.128. The highest BCUT2D eigenvalue weighted by atomic mass is 32.2. The van der Waals surface area contributed by atoms with Crippen molar-refractivity contribution in [2.24, 2.45) is 4.99 Å². The minimum absolute atomic E-state index is 0.111. The molecule has 1 heterocycles. The molecule has 2 aromatic carbocycles. The van der Waals surface area contributed by atoms with E-state index in [2.05, 4.69) is 5.32 Å². The monoisotopic (exact) mass is 429 g/mol. The third-order valence-electron chi connectivity index (χ3n) is 5.04. The van der Waals surface area contributed by atoms with Gasteiger partial charge in [-0.15, -0.1) is 0 Å². The third-order valence-corrected chi connectivity index (χ3v) is 6.19. The highest BCUT2D eigenvalue weighted by Gasteiger charge is 2.46. The Kier molecular flexibility index (Phi) is 5.60. The molecule has 0 aromatic heterocycles. The number of aryl methyl sites for hydroxylation is 2. The number of carbonyl (C=O) groups excluding carboxylic acids is 2. The number of halogens is 2. The van der Waals surface area contributed by atoms with Crippen molar-refractivity contribution in [2.75, 3.05) is 5.32 Å². The Morgan fingerprint density at radius 1 is 1.20 bits per heavy atom. The molecule has 30 heavy (non-hydrogen) atoms. The van der Waals surface area contributed by atoms with E-state index in [4.69, 9.17) is 4.99 Å². The van der Waals surface area contributed by atoms with E-state index < -0.39 is 22.8 Å². The molecular formula is C22H21F2N3O2S. The molecule has 0 bridgehead atoms. The number of amides is 2. The summed E-state index contributed by atoms with van der Waals surface area (Å²) in [7, 11) is 0. The molecule has 2 aromatic rings. The smallest absolute Gasteiger partial charge is 0.242 e. The molecule has 0 radical (unpaired) electrons. The zero-order valence-electron chi connectivity index (χ0n) is 16.6. The van der Waals surface area contributed by atoms with Crippen molar-refractivity contribution >= 4 is 40.1 Å². The van der Waals surface area contributed by atoms with E-state index >= 15 is 0 Å². The second-order valence-electron chi connectivity index (χ2n) is 7.61. The van der Waals surface area contributed by atoms with Crippen LogP contribution in [0.4, 0.5) is 20.2 Å². The van der Waals surface area contributed by atoms with E-state index in [9.17, 15) is 18.4 Å². The van der Waals surface area contributed by atoms with Crippen molar-refractivity contribution in [1.82, 2.24) is 4.90 Å². The van der Waals surface area contributed by atoms with Gasteiger partial charge in [0.15, 0.2) is 5.17 Å². The van der Waals surface area contributed by atoms with Gasteiger partial charge >= 0.3 is 0 Å². The Bertz CT molecular complexity index is 1050. The van der Waals surface area contributed by atoms with Crippen LogP contribution in [0.1, 0.15) is 30.4 Å². The third kappa shape index (κ3) is 4.38. The molecule has 1 saturated heterocycles. The first-order chi connectivity index (χ1) is 14.3. The van der Waals surface area contributed by atoms with Crippen LogP contribution in [0.2, 0.25) is 0 Å². The van der Waals surface area contributed by atoms with Crippen molar-refractivity contribution in [1.29, 1.82) is 0 Å². The van der Waals surface area contributed by atoms with E-state index in [1.165, 1.54) is 11.8 Å². The molecule has 1 aliphatic carbocycles. The van der Waals surface area contributed by atoms with Gasteiger partial charge in [-0.1, -0.05) is 23.9 Å². The first kappa shape index (κ1) is 20.5. The number of rotatable bonds is 5. The predicted molar refractivity (Wildman–Crippen MR) is 114 cm³/mol.